The Morgan fingerprint density at radius 2 is 1.80 bits per heavy atom. The maximum absolute atomic E-state index is 12.5. The maximum atomic E-state index is 12.5. The molecule has 1 aliphatic heterocycles. The molecule has 20 heavy (non-hydrogen) atoms. The lowest BCUT2D eigenvalue weighted by molar-refractivity contribution is 0.503. The van der Waals surface area contributed by atoms with Crippen molar-refractivity contribution >= 4 is 11.4 Å². The average Bonchev–Trinajstić information content (AvgIpc) is 2.67. The van der Waals surface area contributed by atoms with Crippen molar-refractivity contribution in [1.82, 2.24) is 4.57 Å². The van der Waals surface area contributed by atoms with E-state index in [1.165, 1.54) is 25.7 Å². The van der Waals surface area contributed by atoms with Crippen molar-refractivity contribution in [2.45, 2.75) is 53.0 Å². The predicted octanol–water partition coefficient (Wildman–Crippen LogP) is 2.78. The van der Waals surface area contributed by atoms with Crippen LogP contribution in [0.4, 0.5) is 11.4 Å². The normalized spacial score (nSPS) is 16.5. The van der Waals surface area contributed by atoms with E-state index in [0.29, 0.717) is 11.6 Å². The van der Waals surface area contributed by atoms with Crippen molar-refractivity contribution in [3.05, 3.63) is 22.1 Å². The van der Waals surface area contributed by atoms with Gasteiger partial charge >= 0.3 is 0 Å². The average molecular weight is 277 g/mol. The largest absolute Gasteiger partial charge is 0.393 e. The van der Waals surface area contributed by atoms with Crippen LogP contribution in [0.1, 0.15) is 45.2 Å². The Hall–Kier alpha value is -1.45. The summed E-state index contributed by atoms with van der Waals surface area (Å²) in [6.45, 7) is 8.99. The number of rotatable bonds is 3. The molecule has 2 rings (SSSR count). The van der Waals surface area contributed by atoms with Crippen LogP contribution in [0.25, 0.3) is 0 Å². The minimum absolute atomic E-state index is 0.0297. The van der Waals surface area contributed by atoms with E-state index in [0.717, 1.165) is 31.0 Å². The van der Waals surface area contributed by atoms with E-state index in [4.69, 9.17) is 5.73 Å². The molecule has 0 spiro atoms. The number of nitrogens with two attached hydrogens (primary N) is 1. The molecule has 0 saturated carbocycles. The lowest BCUT2D eigenvalue weighted by Crippen LogP contribution is -2.32. The fourth-order valence-electron chi connectivity index (χ4n) is 2.93. The number of hydrogen-bond donors (Lipinski definition) is 1. The molecule has 0 aromatic carbocycles. The van der Waals surface area contributed by atoms with Crippen molar-refractivity contribution in [2.75, 3.05) is 23.7 Å². The standard InChI is InChI=1S/C16H27N3O/c1-12(2)11-19-13(3)10-14(15(17)16(19)20)18-8-6-4-5-7-9-18/h10,12H,4-9,11,17H2,1-3H3. The lowest BCUT2D eigenvalue weighted by atomic mass is 10.2. The molecule has 1 aromatic rings. The van der Waals surface area contributed by atoms with Gasteiger partial charge in [-0.15, -0.1) is 0 Å². The van der Waals surface area contributed by atoms with Gasteiger partial charge in [0.05, 0.1) is 5.69 Å². The molecular weight excluding hydrogens is 250 g/mol. The quantitative estimate of drug-likeness (QED) is 0.924. The Bertz CT molecular complexity index is 511. The van der Waals surface area contributed by atoms with Gasteiger partial charge in [0.15, 0.2) is 0 Å². The summed E-state index contributed by atoms with van der Waals surface area (Å²) in [5.41, 5.74) is 8.47. The smallest absolute Gasteiger partial charge is 0.276 e. The van der Waals surface area contributed by atoms with Gasteiger partial charge in [0.1, 0.15) is 5.69 Å². The lowest BCUT2D eigenvalue weighted by Gasteiger charge is -2.25. The van der Waals surface area contributed by atoms with Crippen LogP contribution in [0.3, 0.4) is 0 Å². The molecule has 112 valence electrons. The predicted molar refractivity (Wildman–Crippen MR) is 85.4 cm³/mol. The highest BCUT2D eigenvalue weighted by molar-refractivity contribution is 5.67. The Kier molecular flexibility index (Phi) is 4.73. The van der Waals surface area contributed by atoms with Crippen LogP contribution in [0.2, 0.25) is 0 Å². The van der Waals surface area contributed by atoms with Crippen LogP contribution in [0, 0.1) is 12.8 Å². The zero-order valence-corrected chi connectivity index (χ0v) is 13.0. The molecule has 0 radical (unpaired) electrons. The minimum atomic E-state index is -0.0297. The number of hydrogen-bond acceptors (Lipinski definition) is 3. The molecule has 0 unspecified atom stereocenters. The van der Waals surface area contributed by atoms with Gasteiger partial charge < -0.3 is 15.2 Å². The van der Waals surface area contributed by atoms with Gasteiger partial charge in [-0.05, 0) is 31.7 Å². The van der Waals surface area contributed by atoms with E-state index in [2.05, 4.69) is 24.8 Å². The zero-order chi connectivity index (χ0) is 14.7. The van der Waals surface area contributed by atoms with E-state index in [-0.39, 0.29) is 5.56 Å². The van der Waals surface area contributed by atoms with Crippen LogP contribution in [-0.2, 0) is 6.54 Å². The summed E-state index contributed by atoms with van der Waals surface area (Å²) in [5, 5.41) is 0. The van der Waals surface area contributed by atoms with Crippen LogP contribution in [0.5, 0.6) is 0 Å². The van der Waals surface area contributed by atoms with E-state index >= 15 is 0 Å². The van der Waals surface area contributed by atoms with Crippen LogP contribution in [-0.4, -0.2) is 17.7 Å². The molecule has 1 aromatic heterocycles. The van der Waals surface area contributed by atoms with Gasteiger partial charge in [-0.3, -0.25) is 4.79 Å². The zero-order valence-electron chi connectivity index (χ0n) is 13.0. The maximum Gasteiger partial charge on any atom is 0.276 e. The van der Waals surface area contributed by atoms with E-state index in [1.54, 1.807) is 4.57 Å². The van der Waals surface area contributed by atoms with Gasteiger partial charge in [0.2, 0.25) is 0 Å². The Balaban J connectivity index is 2.38. The first kappa shape index (κ1) is 14.9. The molecular formula is C16H27N3O. The summed E-state index contributed by atoms with van der Waals surface area (Å²) in [4.78, 5) is 14.8. The second kappa shape index (κ2) is 6.33. The molecule has 0 atom stereocenters. The third kappa shape index (κ3) is 3.17. The van der Waals surface area contributed by atoms with Crippen molar-refractivity contribution in [1.29, 1.82) is 0 Å². The topological polar surface area (TPSA) is 51.3 Å². The molecule has 0 amide bonds. The summed E-state index contributed by atoms with van der Waals surface area (Å²) in [6.07, 6.45) is 4.93. The van der Waals surface area contributed by atoms with Crippen LogP contribution < -0.4 is 16.2 Å². The molecule has 1 fully saturated rings. The van der Waals surface area contributed by atoms with Crippen LogP contribution >= 0.6 is 0 Å². The summed E-state index contributed by atoms with van der Waals surface area (Å²) in [5.74, 6) is 0.440. The van der Waals surface area contributed by atoms with Crippen molar-refractivity contribution < 1.29 is 0 Å². The summed E-state index contributed by atoms with van der Waals surface area (Å²) >= 11 is 0. The highest BCUT2D eigenvalue weighted by Gasteiger charge is 2.17. The van der Waals surface area contributed by atoms with E-state index in [9.17, 15) is 4.79 Å². The van der Waals surface area contributed by atoms with Gasteiger partial charge in [-0.2, -0.15) is 0 Å². The number of pyridine rings is 1. The molecule has 4 heteroatoms. The highest BCUT2D eigenvalue weighted by Crippen LogP contribution is 2.24. The third-order valence-electron chi connectivity index (χ3n) is 4.02. The molecule has 0 bridgehead atoms. The van der Waals surface area contributed by atoms with Crippen molar-refractivity contribution in [3.63, 3.8) is 0 Å². The summed E-state index contributed by atoms with van der Waals surface area (Å²) < 4.78 is 1.81. The second-order valence-corrected chi connectivity index (χ2v) is 6.30. The van der Waals surface area contributed by atoms with Gasteiger partial charge in [-0.25, -0.2) is 0 Å². The number of aryl methyl sites for hydroxylation is 1. The first-order valence-corrected chi connectivity index (χ1v) is 7.75. The third-order valence-corrected chi connectivity index (χ3v) is 4.02. The number of anilines is 2. The van der Waals surface area contributed by atoms with Gasteiger partial charge in [0.25, 0.3) is 5.56 Å². The monoisotopic (exact) mass is 277 g/mol. The fourth-order valence-corrected chi connectivity index (χ4v) is 2.93. The number of nitrogens with zero attached hydrogens (tertiary/aromatic N) is 2. The highest BCUT2D eigenvalue weighted by atomic mass is 16.1. The fraction of sp³-hybridized carbons (Fsp3) is 0.688. The van der Waals surface area contributed by atoms with Crippen molar-refractivity contribution in [2.24, 2.45) is 5.92 Å². The first-order chi connectivity index (χ1) is 9.50. The Morgan fingerprint density at radius 3 is 2.35 bits per heavy atom. The van der Waals surface area contributed by atoms with Crippen LogP contribution in [0.15, 0.2) is 10.9 Å². The van der Waals surface area contributed by atoms with Gasteiger partial charge in [-0.1, -0.05) is 26.7 Å². The Labute approximate surface area is 121 Å². The van der Waals surface area contributed by atoms with Crippen molar-refractivity contribution in [3.8, 4) is 0 Å². The molecule has 1 aliphatic rings. The molecule has 4 nitrogen and oxygen atoms in total. The SMILES string of the molecule is Cc1cc(N2CCCCCC2)c(N)c(=O)n1CC(C)C. The Morgan fingerprint density at radius 1 is 1.20 bits per heavy atom. The van der Waals surface area contributed by atoms with Gasteiger partial charge in [0, 0.05) is 25.3 Å². The summed E-state index contributed by atoms with van der Waals surface area (Å²) in [7, 11) is 0. The molecule has 2 heterocycles. The molecule has 0 aliphatic carbocycles. The summed E-state index contributed by atoms with van der Waals surface area (Å²) in [6, 6.07) is 2.09. The second-order valence-electron chi connectivity index (χ2n) is 6.30. The number of aromatic nitrogens is 1. The minimum Gasteiger partial charge on any atom is -0.393 e. The first-order valence-electron chi connectivity index (χ1n) is 7.75. The molecule has 1 saturated heterocycles. The van der Waals surface area contributed by atoms with E-state index < -0.39 is 0 Å². The number of nitrogen functional groups attached to an aromatic ring is 1. The van der Waals surface area contributed by atoms with E-state index in [1.807, 2.05) is 6.92 Å². The molecule has 2 N–H and O–H groups in total.